The molecule has 3 N–H and O–H groups in total. The number of carbonyl (C=O) groups excluding carboxylic acids is 1. The van der Waals surface area contributed by atoms with E-state index in [1.54, 1.807) is 0 Å². The summed E-state index contributed by atoms with van der Waals surface area (Å²) in [4.78, 5) is 28.9. The largest absolute Gasteiger partial charge is 0.494 e. The topological polar surface area (TPSA) is 88.4 Å². The average Bonchev–Trinajstić information content (AvgIpc) is 2.57. The van der Waals surface area contributed by atoms with E-state index < -0.39 is 0 Å². The molecule has 0 saturated carbocycles. The number of fused-ring (bicyclic) bond motifs is 1. The maximum absolute atomic E-state index is 12.4. The Morgan fingerprint density at radius 1 is 1.36 bits per heavy atom. The van der Waals surface area contributed by atoms with Gasteiger partial charge in [-0.1, -0.05) is 6.42 Å². The number of hydrogen-bond acceptors (Lipinski definition) is 4. The van der Waals surface area contributed by atoms with Gasteiger partial charge < -0.3 is 15.5 Å². The fourth-order valence-corrected chi connectivity index (χ4v) is 3.55. The van der Waals surface area contributed by atoms with Gasteiger partial charge in [-0.3, -0.25) is 14.5 Å². The predicted molar refractivity (Wildman–Crippen MR) is 97.6 cm³/mol. The minimum absolute atomic E-state index is 0.0833. The molecule has 1 saturated heterocycles. The van der Waals surface area contributed by atoms with Gasteiger partial charge in [-0.2, -0.15) is 0 Å². The van der Waals surface area contributed by atoms with E-state index in [9.17, 15) is 9.59 Å². The third kappa shape index (κ3) is 4.20. The van der Waals surface area contributed by atoms with Crippen LogP contribution in [0.15, 0.2) is 29.1 Å². The predicted octanol–water partition coefficient (Wildman–Crippen LogP) is 2.16. The van der Waals surface area contributed by atoms with Gasteiger partial charge in [0.25, 0.3) is 5.56 Å². The van der Waals surface area contributed by atoms with Crippen molar-refractivity contribution in [2.24, 2.45) is 5.73 Å². The molecule has 1 fully saturated rings. The lowest BCUT2D eigenvalue weighted by atomic mass is 9.98. The number of pyridine rings is 1. The Labute approximate surface area is 147 Å². The van der Waals surface area contributed by atoms with Crippen LogP contribution in [0.25, 0.3) is 10.9 Å². The highest BCUT2D eigenvalue weighted by molar-refractivity contribution is 5.80. The average molecular weight is 343 g/mol. The normalized spacial score (nSPS) is 18.4. The Hall–Kier alpha value is -2.34. The second-order valence-corrected chi connectivity index (χ2v) is 6.60. The van der Waals surface area contributed by atoms with E-state index in [1.165, 1.54) is 0 Å². The van der Waals surface area contributed by atoms with Crippen LogP contribution in [-0.4, -0.2) is 35.0 Å². The van der Waals surface area contributed by atoms with Crippen LogP contribution in [0.4, 0.5) is 0 Å². The maximum atomic E-state index is 12.4. The van der Waals surface area contributed by atoms with Gasteiger partial charge in [0.15, 0.2) is 0 Å². The number of aromatic amines is 1. The molecule has 134 valence electrons. The Bertz CT molecular complexity index is 815. The fraction of sp³-hybridized carbons (Fsp3) is 0.474. The summed E-state index contributed by atoms with van der Waals surface area (Å²) >= 11 is 0. The number of amides is 1. The van der Waals surface area contributed by atoms with Crippen LogP contribution in [-0.2, 0) is 11.3 Å². The Morgan fingerprint density at radius 2 is 2.20 bits per heavy atom. The van der Waals surface area contributed by atoms with Crippen molar-refractivity contribution < 1.29 is 9.53 Å². The molecule has 1 aromatic heterocycles. The van der Waals surface area contributed by atoms with Crippen LogP contribution >= 0.6 is 0 Å². The third-order valence-electron chi connectivity index (χ3n) is 4.76. The molecule has 6 nitrogen and oxygen atoms in total. The van der Waals surface area contributed by atoms with Crippen LogP contribution < -0.4 is 16.0 Å². The van der Waals surface area contributed by atoms with Crippen molar-refractivity contribution in [3.8, 4) is 5.75 Å². The molecule has 1 aliphatic rings. The molecule has 1 amide bonds. The molecule has 6 heteroatoms. The van der Waals surface area contributed by atoms with E-state index in [0.29, 0.717) is 25.1 Å². The Balaban J connectivity index is 1.87. The van der Waals surface area contributed by atoms with Crippen molar-refractivity contribution in [1.29, 1.82) is 0 Å². The van der Waals surface area contributed by atoms with E-state index in [1.807, 2.05) is 31.2 Å². The molecule has 0 bridgehead atoms. The molecular weight excluding hydrogens is 318 g/mol. The molecule has 0 spiro atoms. The summed E-state index contributed by atoms with van der Waals surface area (Å²) in [6, 6.07) is 7.70. The van der Waals surface area contributed by atoms with Crippen molar-refractivity contribution in [2.45, 2.75) is 45.2 Å². The molecule has 0 aliphatic carbocycles. The quantitative estimate of drug-likeness (QED) is 0.841. The second-order valence-electron chi connectivity index (χ2n) is 6.60. The minimum Gasteiger partial charge on any atom is -0.494 e. The zero-order valence-corrected chi connectivity index (χ0v) is 14.6. The number of likely N-dealkylation sites (tertiary alicyclic amines) is 1. The van der Waals surface area contributed by atoms with Gasteiger partial charge in [0.1, 0.15) is 5.75 Å². The molecule has 0 radical (unpaired) electrons. The Morgan fingerprint density at radius 3 is 2.96 bits per heavy atom. The smallest absolute Gasteiger partial charge is 0.252 e. The number of rotatable bonds is 6. The molecule has 1 aliphatic heterocycles. The zero-order chi connectivity index (χ0) is 17.8. The number of carbonyl (C=O) groups is 1. The van der Waals surface area contributed by atoms with Crippen LogP contribution in [0.1, 0.15) is 38.2 Å². The summed E-state index contributed by atoms with van der Waals surface area (Å²) in [6.45, 7) is 3.96. The van der Waals surface area contributed by atoms with E-state index in [0.717, 1.165) is 42.5 Å². The van der Waals surface area contributed by atoms with Gasteiger partial charge in [-0.15, -0.1) is 0 Å². The van der Waals surface area contributed by atoms with Crippen molar-refractivity contribution in [2.75, 3.05) is 13.2 Å². The fourth-order valence-electron chi connectivity index (χ4n) is 3.55. The molecule has 25 heavy (non-hydrogen) atoms. The minimum atomic E-state index is -0.286. The maximum Gasteiger partial charge on any atom is 0.252 e. The highest BCUT2D eigenvalue weighted by atomic mass is 16.5. The first-order valence-corrected chi connectivity index (χ1v) is 8.88. The monoisotopic (exact) mass is 343 g/mol. The van der Waals surface area contributed by atoms with Gasteiger partial charge in [0.2, 0.25) is 5.91 Å². The van der Waals surface area contributed by atoms with E-state index in [2.05, 4.69) is 9.88 Å². The summed E-state index contributed by atoms with van der Waals surface area (Å²) in [5, 5.41) is 0.948. The van der Waals surface area contributed by atoms with Crippen LogP contribution in [0.5, 0.6) is 5.75 Å². The number of benzene rings is 1. The number of H-pyrrole nitrogens is 1. The van der Waals surface area contributed by atoms with Crippen molar-refractivity contribution >= 4 is 16.8 Å². The lowest BCUT2D eigenvalue weighted by Crippen LogP contribution is -2.42. The number of hydrogen-bond donors (Lipinski definition) is 2. The number of primary amides is 1. The molecule has 1 aromatic carbocycles. The summed E-state index contributed by atoms with van der Waals surface area (Å²) in [6.07, 6.45) is 3.47. The number of piperidine rings is 1. The molecule has 2 aromatic rings. The summed E-state index contributed by atoms with van der Waals surface area (Å²) in [5.41, 5.74) is 6.80. The van der Waals surface area contributed by atoms with Crippen molar-refractivity contribution in [3.63, 3.8) is 0 Å². The van der Waals surface area contributed by atoms with Crippen LogP contribution in [0, 0.1) is 0 Å². The van der Waals surface area contributed by atoms with E-state index in [-0.39, 0.29) is 17.5 Å². The summed E-state index contributed by atoms with van der Waals surface area (Å²) in [7, 11) is 0. The van der Waals surface area contributed by atoms with Gasteiger partial charge >= 0.3 is 0 Å². The summed E-state index contributed by atoms with van der Waals surface area (Å²) < 4.78 is 5.54. The summed E-state index contributed by atoms with van der Waals surface area (Å²) in [5.74, 6) is 0.503. The van der Waals surface area contributed by atoms with Gasteiger partial charge in [-0.25, -0.2) is 0 Å². The molecule has 3 rings (SSSR count). The SMILES string of the molecule is CCOc1ccc2[nH]c(=O)c(CN3CCCC[C@H]3CC(N)=O)cc2c1. The molecular formula is C19H25N3O3. The lowest BCUT2D eigenvalue weighted by molar-refractivity contribution is -0.119. The Kier molecular flexibility index (Phi) is 5.38. The number of ether oxygens (including phenoxy) is 1. The number of aromatic nitrogens is 1. The lowest BCUT2D eigenvalue weighted by Gasteiger charge is -2.35. The molecule has 0 unspecified atom stereocenters. The number of nitrogens with one attached hydrogen (secondary N) is 1. The van der Waals surface area contributed by atoms with Crippen LogP contribution in [0.3, 0.4) is 0 Å². The van der Waals surface area contributed by atoms with Crippen molar-refractivity contribution in [1.82, 2.24) is 9.88 Å². The van der Waals surface area contributed by atoms with Gasteiger partial charge in [0, 0.05) is 35.5 Å². The van der Waals surface area contributed by atoms with Gasteiger partial charge in [0.05, 0.1) is 6.61 Å². The highest BCUT2D eigenvalue weighted by Gasteiger charge is 2.24. The highest BCUT2D eigenvalue weighted by Crippen LogP contribution is 2.23. The van der Waals surface area contributed by atoms with Crippen LogP contribution in [0.2, 0.25) is 0 Å². The van der Waals surface area contributed by atoms with Gasteiger partial charge in [-0.05, 0) is 50.6 Å². The molecule has 1 atom stereocenters. The van der Waals surface area contributed by atoms with E-state index in [4.69, 9.17) is 10.5 Å². The van der Waals surface area contributed by atoms with E-state index >= 15 is 0 Å². The zero-order valence-electron chi connectivity index (χ0n) is 14.6. The first kappa shape index (κ1) is 17.5. The van der Waals surface area contributed by atoms with Crippen molar-refractivity contribution in [3.05, 3.63) is 40.2 Å². The first-order valence-electron chi connectivity index (χ1n) is 8.88. The second kappa shape index (κ2) is 7.70. The number of nitrogens with two attached hydrogens (primary N) is 1. The molecule has 2 heterocycles. The standard InChI is InChI=1S/C19H25N3O3/c1-2-25-16-6-7-17-13(10-16)9-14(19(24)21-17)12-22-8-4-3-5-15(22)11-18(20)23/h6-7,9-10,15H,2-5,8,11-12H2,1H3,(H2,20,23)(H,21,24)/t15-/m0/s1. The first-order chi connectivity index (χ1) is 12.1. The number of nitrogens with zero attached hydrogens (tertiary/aromatic N) is 1. The third-order valence-corrected chi connectivity index (χ3v) is 4.76.